The Morgan fingerprint density at radius 2 is 1.87 bits per heavy atom. The number of benzene rings is 2. The molecule has 2 aromatic rings. The van der Waals surface area contributed by atoms with E-state index in [1.165, 1.54) is 12.1 Å². The van der Waals surface area contributed by atoms with Gasteiger partial charge in [0.1, 0.15) is 5.82 Å². The Morgan fingerprint density at radius 1 is 1.17 bits per heavy atom. The minimum atomic E-state index is -3.69. The van der Waals surface area contributed by atoms with E-state index >= 15 is 0 Å². The molecule has 1 heterocycles. The molecule has 162 valence electrons. The van der Waals surface area contributed by atoms with Crippen molar-refractivity contribution in [1.29, 1.82) is 0 Å². The Balaban J connectivity index is 1.55. The molecule has 0 saturated heterocycles. The van der Waals surface area contributed by atoms with Crippen LogP contribution in [0.1, 0.15) is 50.8 Å². The number of fused-ring (bicyclic) bond motifs is 1. The van der Waals surface area contributed by atoms with Gasteiger partial charge in [-0.1, -0.05) is 32.9 Å². The van der Waals surface area contributed by atoms with E-state index in [9.17, 15) is 17.6 Å². The zero-order chi connectivity index (χ0) is 21.9. The maximum Gasteiger partial charge on any atom is 0.240 e. The fourth-order valence-corrected chi connectivity index (χ4v) is 5.44. The van der Waals surface area contributed by atoms with Crippen molar-refractivity contribution < 1.29 is 17.6 Å². The molecule has 0 bridgehead atoms. The monoisotopic (exact) mass is 450 g/mol. The Hall–Kier alpha value is -1.90. The van der Waals surface area contributed by atoms with Crippen LogP contribution < -0.4 is 10.0 Å². The zero-order valence-corrected chi connectivity index (χ0v) is 19.0. The van der Waals surface area contributed by atoms with E-state index in [0.29, 0.717) is 6.42 Å². The summed E-state index contributed by atoms with van der Waals surface area (Å²) in [4.78, 5) is 13.5. The molecule has 2 aromatic carbocycles. The summed E-state index contributed by atoms with van der Waals surface area (Å²) in [5.41, 5.74) is 1.76. The smallest absolute Gasteiger partial charge is 0.240 e. The molecule has 1 atom stereocenters. The lowest BCUT2D eigenvalue weighted by Gasteiger charge is -2.26. The standard InChI is InChI=1S/C22H27FN2O3S2/c1-22(2,3)15-4-7-17(8-5-15)30(27,28)24-12-10-21(26)25-19-11-13-29-20-9-6-16(23)14-18(19)20/h4-9,14,19,24H,10-13H2,1-3H3,(H,25,26). The van der Waals surface area contributed by atoms with Crippen LogP contribution in [0.2, 0.25) is 0 Å². The molecule has 3 rings (SSSR count). The van der Waals surface area contributed by atoms with Crippen LogP contribution in [-0.4, -0.2) is 26.6 Å². The molecule has 30 heavy (non-hydrogen) atoms. The first kappa shape index (κ1) is 22.8. The maximum absolute atomic E-state index is 13.6. The van der Waals surface area contributed by atoms with E-state index in [1.54, 1.807) is 42.1 Å². The zero-order valence-electron chi connectivity index (χ0n) is 17.4. The molecule has 1 amide bonds. The second kappa shape index (κ2) is 9.08. The highest BCUT2D eigenvalue weighted by atomic mass is 32.2. The number of amides is 1. The van der Waals surface area contributed by atoms with E-state index in [1.807, 2.05) is 0 Å². The number of halogens is 1. The van der Waals surface area contributed by atoms with Gasteiger partial charge >= 0.3 is 0 Å². The van der Waals surface area contributed by atoms with Crippen LogP contribution in [0, 0.1) is 5.82 Å². The van der Waals surface area contributed by atoms with Crippen molar-refractivity contribution in [2.24, 2.45) is 0 Å². The summed E-state index contributed by atoms with van der Waals surface area (Å²) in [6, 6.07) is 11.1. The number of hydrogen-bond acceptors (Lipinski definition) is 4. The number of hydrogen-bond donors (Lipinski definition) is 2. The largest absolute Gasteiger partial charge is 0.349 e. The summed E-state index contributed by atoms with van der Waals surface area (Å²) in [6.07, 6.45) is 0.715. The van der Waals surface area contributed by atoms with Gasteiger partial charge in [-0.05, 0) is 53.3 Å². The van der Waals surface area contributed by atoms with Gasteiger partial charge < -0.3 is 5.32 Å². The first-order valence-corrected chi connectivity index (χ1v) is 12.3. The SMILES string of the molecule is CC(C)(C)c1ccc(S(=O)(=O)NCCC(=O)NC2CCSc3ccc(F)cc32)cc1. The fraction of sp³-hybridized carbons (Fsp3) is 0.409. The molecule has 2 N–H and O–H groups in total. The predicted octanol–water partition coefficient (Wildman–Crippen LogP) is 4.14. The minimum Gasteiger partial charge on any atom is -0.349 e. The first-order chi connectivity index (χ1) is 14.1. The van der Waals surface area contributed by atoms with E-state index < -0.39 is 10.0 Å². The van der Waals surface area contributed by atoms with Crippen molar-refractivity contribution in [2.45, 2.75) is 54.9 Å². The molecular weight excluding hydrogens is 423 g/mol. The van der Waals surface area contributed by atoms with Crippen molar-refractivity contribution >= 4 is 27.7 Å². The van der Waals surface area contributed by atoms with Gasteiger partial charge in [-0.15, -0.1) is 11.8 Å². The number of nitrogens with one attached hydrogen (secondary N) is 2. The van der Waals surface area contributed by atoms with Crippen LogP contribution in [0.3, 0.4) is 0 Å². The Bertz CT molecular complexity index is 1020. The number of rotatable bonds is 6. The van der Waals surface area contributed by atoms with Crippen molar-refractivity contribution in [3.8, 4) is 0 Å². The lowest BCUT2D eigenvalue weighted by Crippen LogP contribution is -2.34. The average Bonchev–Trinajstić information content (AvgIpc) is 2.68. The van der Waals surface area contributed by atoms with E-state index in [4.69, 9.17) is 0 Å². The normalized spacial score (nSPS) is 16.7. The Morgan fingerprint density at radius 3 is 2.53 bits per heavy atom. The van der Waals surface area contributed by atoms with Gasteiger partial charge in [-0.3, -0.25) is 4.79 Å². The molecule has 0 aliphatic carbocycles. The summed E-state index contributed by atoms with van der Waals surface area (Å²) >= 11 is 1.64. The van der Waals surface area contributed by atoms with Crippen LogP contribution >= 0.6 is 11.8 Å². The van der Waals surface area contributed by atoms with Gasteiger partial charge in [0, 0.05) is 23.6 Å². The molecule has 5 nitrogen and oxygen atoms in total. The highest BCUT2D eigenvalue weighted by Crippen LogP contribution is 2.36. The van der Waals surface area contributed by atoms with Gasteiger partial charge in [-0.2, -0.15) is 0 Å². The fourth-order valence-electron chi connectivity index (χ4n) is 3.30. The van der Waals surface area contributed by atoms with Crippen LogP contribution in [0.5, 0.6) is 0 Å². The highest BCUT2D eigenvalue weighted by molar-refractivity contribution is 7.99. The second-order valence-corrected chi connectivity index (χ2v) is 11.3. The van der Waals surface area contributed by atoms with Crippen LogP contribution in [0.4, 0.5) is 4.39 Å². The lowest BCUT2D eigenvalue weighted by molar-refractivity contribution is -0.121. The molecule has 1 aliphatic rings. The highest BCUT2D eigenvalue weighted by Gasteiger charge is 2.23. The quantitative estimate of drug-likeness (QED) is 0.693. The van der Waals surface area contributed by atoms with Crippen LogP contribution in [0.25, 0.3) is 0 Å². The topological polar surface area (TPSA) is 75.3 Å². The van der Waals surface area contributed by atoms with Crippen molar-refractivity contribution in [3.05, 3.63) is 59.4 Å². The Labute approximate surface area is 181 Å². The molecule has 0 saturated carbocycles. The summed E-state index contributed by atoms with van der Waals surface area (Å²) in [5.74, 6) is 0.231. The number of carbonyl (C=O) groups excluding carboxylic acids is 1. The third-order valence-electron chi connectivity index (χ3n) is 5.02. The van der Waals surface area contributed by atoms with Crippen LogP contribution in [0.15, 0.2) is 52.3 Å². The number of sulfonamides is 1. The van der Waals surface area contributed by atoms with Crippen molar-refractivity contribution in [2.75, 3.05) is 12.3 Å². The molecule has 0 fully saturated rings. The summed E-state index contributed by atoms with van der Waals surface area (Å²) in [6.45, 7) is 6.17. The van der Waals surface area contributed by atoms with Crippen molar-refractivity contribution in [1.82, 2.24) is 10.0 Å². The minimum absolute atomic E-state index is 0.00727. The molecule has 1 aliphatic heterocycles. The van der Waals surface area contributed by atoms with Crippen molar-refractivity contribution in [3.63, 3.8) is 0 Å². The van der Waals surface area contributed by atoms with Crippen LogP contribution in [-0.2, 0) is 20.2 Å². The predicted molar refractivity (Wildman–Crippen MR) is 118 cm³/mol. The van der Waals surface area contributed by atoms with Gasteiger partial charge in [-0.25, -0.2) is 17.5 Å². The molecule has 0 radical (unpaired) electrons. The summed E-state index contributed by atoms with van der Waals surface area (Å²) in [7, 11) is -3.69. The summed E-state index contributed by atoms with van der Waals surface area (Å²) < 4.78 is 41.0. The molecule has 0 spiro atoms. The van der Waals surface area contributed by atoms with E-state index in [-0.39, 0.29) is 41.0 Å². The third-order valence-corrected chi connectivity index (χ3v) is 7.62. The average molecular weight is 451 g/mol. The second-order valence-electron chi connectivity index (χ2n) is 8.36. The molecule has 1 unspecified atom stereocenters. The van der Waals surface area contributed by atoms with Gasteiger partial charge in [0.05, 0.1) is 10.9 Å². The van der Waals surface area contributed by atoms with Gasteiger partial charge in [0.15, 0.2) is 0 Å². The maximum atomic E-state index is 13.6. The first-order valence-electron chi connectivity index (χ1n) is 9.88. The molecule has 8 heteroatoms. The third kappa shape index (κ3) is 5.62. The van der Waals surface area contributed by atoms with E-state index in [2.05, 4.69) is 30.8 Å². The summed E-state index contributed by atoms with van der Waals surface area (Å²) in [5, 5.41) is 2.90. The van der Waals surface area contributed by atoms with E-state index in [0.717, 1.165) is 21.8 Å². The van der Waals surface area contributed by atoms with Gasteiger partial charge in [0.2, 0.25) is 15.9 Å². The lowest BCUT2D eigenvalue weighted by atomic mass is 9.87. The number of thioether (sulfide) groups is 1. The molecular formula is C22H27FN2O3S2. The number of carbonyl (C=O) groups is 1. The Kier molecular flexibility index (Phi) is 6.89. The van der Waals surface area contributed by atoms with Gasteiger partial charge in [0.25, 0.3) is 0 Å². The molecule has 0 aromatic heterocycles.